The monoisotopic (exact) mass is 203 g/mol. The van der Waals surface area contributed by atoms with Crippen molar-refractivity contribution < 1.29 is 23.8 Å². The summed E-state index contributed by atoms with van der Waals surface area (Å²) in [6.07, 6.45) is 0. The molecule has 1 aromatic rings. The van der Waals surface area contributed by atoms with Crippen LogP contribution < -0.4 is 5.73 Å². The van der Waals surface area contributed by atoms with Crippen molar-refractivity contribution in [2.24, 2.45) is 5.73 Å². The number of halogens is 2. The van der Waals surface area contributed by atoms with Crippen LogP contribution in [0, 0.1) is 11.6 Å². The van der Waals surface area contributed by atoms with Crippen molar-refractivity contribution in [3.63, 3.8) is 0 Å². The molecule has 0 aromatic heterocycles. The second-order valence-corrected chi connectivity index (χ2v) is 2.62. The van der Waals surface area contributed by atoms with E-state index in [1.54, 1.807) is 0 Å². The number of benzene rings is 1. The predicted octanol–water partition coefficient (Wildman–Crippen LogP) is 0.755. The Balaban J connectivity index is 3.24. The molecule has 0 saturated carbocycles. The molecule has 4 nitrogen and oxygen atoms in total. The van der Waals surface area contributed by atoms with Crippen LogP contribution in [0.2, 0.25) is 0 Å². The first-order valence-corrected chi connectivity index (χ1v) is 3.60. The lowest BCUT2D eigenvalue weighted by Gasteiger charge is -2.09. The first kappa shape index (κ1) is 10.4. The van der Waals surface area contributed by atoms with Crippen molar-refractivity contribution >= 4 is 5.97 Å². The van der Waals surface area contributed by atoms with Gasteiger partial charge in [-0.25, -0.2) is 4.39 Å². The Bertz CT molecular complexity index is 381. The number of phenolic OH excluding ortho intramolecular Hbond substituents is 1. The standard InChI is InChI=1S/C8H7F2NO3/c9-4-2-1-3(6(11)8(13)14)7(12)5(4)10/h1-2,6,12H,11H2,(H,13,14). The Kier molecular flexibility index (Phi) is 2.66. The maximum absolute atomic E-state index is 12.7. The summed E-state index contributed by atoms with van der Waals surface area (Å²) in [5.74, 6) is -5.27. The molecule has 0 bridgehead atoms. The molecule has 6 heteroatoms. The molecule has 76 valence electrons. The van der Waals surface area contributed by atoms with E-state index in [2.05, 4.69) is 0 Å². The van der Waals surface area contributed by atoms with Crippen LogP contribution in [-0.2, 0) is 4.79 Å². The minimum absolute atomic E-state index is 0.364. The van der Waals surface area contributed by atoms with Gasteiger partial charge in [0.15, 0.2) is 11.6 Å². The SMILES string of the molecule is NC(C(=O)O)c1ccc(F)c(F)c1O. The van der Waals surface area contributed by atoms with Gasteiger partial charge < -0.3 is 15.9 Å². The molecule has 14 heavy (non-hydrogen) atoms. The molecule has 1 rings (SSSR count). The van der Waals surface area contributed by atoms with Gasteiger partial charge in [0.1, 0.15) is 6.04 Å². The molecule has 0 radical (unpaired) electrons. The summed E-state index contributed by atoms with van der Waals surface area (Å²) in [5.41, 5.74) is 4.74. The van der Waals surface area contributed by atoms with Gasteiger partial charge in [0.25, 0.3) is 0 Å². The Morgan fingerprint density at radius 3 is 2.50 bits per heavy atom. The first-order chi connectivity index (χ1) is 6.45. The van der Waals surface area contributed by atoms with Crippen molar-refractivity contribution in [3.8, 4) is 5.75 Å². The molecule has 0 heterocycles. The van der Waals surface area contributed by atoms with E-state index >= 15 is 0 Å². The molecular formula is C8H7F2NO3. The van der Waals surface area contributed by atoms with Gasteiger partial charge in [-0.05, 0) is 6.07 Å². The van der Waals surface area contributed by atoms with Gasteiger partial charge in [-0.2, -0.15) is 4.39 Å². The van der Waals surface area contributed by atoms with Crippen LogP contribution >= 0.6 is 0 Å². The lowest BCUT2D eigenvalue weighted by Crippen LogP contribution is -2.21. The molecule has 1 aromatic carbocycles. The van der Waals surface area contributed by atoms with Crippen LogP contribution in [0.1, 0.15) is 11.6 Å². The van der Waals surface area contributed by atoms with E-state index in [-0.39, 0.29) is 5.56 Å². The van der Waals surface area contributed by atoms with Crippen LogP contribution in [-0.4, -0.2) is 16.2 Å². The van der Waals surface area contributed by atoms with Gasteiger partial charge in [0.2, 0.25) is 5.82 Å². The second kappa shape index (κ2) is 3.59. The number of phenols is 1. The Hall–Kier alpha value is -1.69. The topological polar surface area (TPSA) is 83.6 Å². The number of rotatable bonds is 2. The largest absolute Gasteiger partial charge is 0.504 e. The van der Waals surface area contributed by atoms with Crippen molar-refractivity contribution in [3.05, 3.63) is 29.3 Å². The fourth-order valence-electron chi connectivity index (χ4n) is 0.939. The summed E-state index contributed by atoms with van der Waals surface area (Å²) < 4.78 is 25.2. The number of hydrogen-bond acceptors (Lipinski definition) is 3. The first-order valence-electron chi connectivity index (χ1n) is 3.60. The fraction of sp³-hybridized carbons (Fsp3) is 0.125. The molecule has 0 aliphatic heterocycles. The highest BCUT2D eigenvalue weighted by molar-refractivity contribution is 5.76. The van der Waals surface area contributed by atoms with E-state index in [9.17, 15) is 13.6 Å². The molecule has 1 unspecified atom stereocenters. The summed E-state index contributed by atoms with van der Waals surface area (Å²) in [7, 11) is 0. The number of carboxylic acid groups (broad SMARTS) is 1. The smallest absolute Gasteiger partial charge is 0.325 e. The summed E-state index contributed by atoms with van der Waals surface area (Å²) in [5, 5.41) is 17.5. The highest BCUT2D eigenvalue weighted by atomic mass is 19.2. The minimum Gasteiger partial charge on any atom is -0.504 e. The van der Waals surface area contributed by atoms with Crippen molar-refractivity contribution in [1.29, 1.82) is 0 Å². The van der Waals surface area contributed by atoms with Crippen LogP contribution in [0.4, 0.5) is 8.78 Å². The number of carbonyl (C=O) groups is 1. The number of aliphatic carboxylic acids is 1. The normalized spacial score (nSPS) is 12.5. The van der Waals surface area contributed by atoms with Gasteiger partial charge in [0.05, 0.1) is 0 Å². The Morgan fingerprint density at radius 1 is 1.43 bits per heavy atom. The zero-order valence-corrected chi connectivity index (χ0v) is 6.87. The molecule has 1 atom stereocenters. The van der Waals surface area contributed by atoms with Gasteiger partial charge in [-0.3, -0.25) is 4.79 Å². The van der Waals surface area contributed by atoms with Gasteiger partial charge in [-0.15, -0.1) is 0 Å². The van der Waals surface area contributed by atoms with E-state index in [1.165, 1.54) is 0 Å². The van der Waals surface area contributed by atoms with Crippen molar-refractivity contribution in [1.82, 2.24) is 0 Å². The number of aromatic hydroxyl groups is 1. The summed E-state index contributed by atoms with van der Waals surface area (Å²) in [4.78, 5) is 10.4. The van der Waals surface area contributed by atoms with Crippen LogP contribution in [0.25, 0.3) is 0 Å². The number of hydrogen-bond donors (Lipinski definition) is 3. The van der Waals surface area contributed by atoms with E-state index < -0.39 is 29.4 Å². The minimum atomic E-state index is -1.58. The molecule has 0 saturated heterocycles. The van der Waals surface area contributed by atoms with Crippen molar-refractivity contribution in [2.75, 3.05) is 0 Å². The number of nitrogens with two attached hydrogens (primary N) is 1. The van der Waals surface area contributed by atoms with Gasteiger partial charge >= 0.3 is 5.97 Å². The van der Waals surface area contributed by atoms with Gasteiger partial charge in [-0.1, -0.05) is 6.07 Å². The zero-order chi connectivity index (χ0) is 10.9. The Labute approximate surface area is 77.6 Å². The second-order valence-electron chi connectivity index (χ2n) is 2.62. The zero-order valence-electron chi connectivity index (χ0n) is 6.87. The fourth-order valence-corrected chi connectivity index (χ4v) is 0.939. The lowest BCUT2D eigenvalue weighted by atomic mass is 10.1. The summed E-state index contributed by atoms with van der Waals surface area (Å²) >= 11 is 0. The van der Waals surface area contributed by atoms with E-state index in [0.29, 0.717) is 6.07 Å². The van der Waals surface area contributed by atoms with E-state index in [4.69, 9.17) is 15.9 Å². The van der Waals surface area contributed by atoms with Crippen molar-refractivity contribution in [2.45, 2.75) is 6.04 Å². The summed E-state index contributed by atoms with van der Waals surface area (Å²) in [6.45, 7) is 0. The maximum atomic E-state index is 12.7. The van der Waals surface area contributed by atoms with Crippen LogP contribution in [0.15, 0.2) is 12.1 Å². The molecular weight excluding hydrogens is 196 g/mol. The average molecular weight is 203 g/mol. The molecule has 0 aliphatic carbocycles. The Morgan fingerprint density at radius 2 is 2.00 bits per heavy atom. The summed E-state index contributed by atoms with van der Waals surface area (Å²) in [6, 6.07) is 0.0461. The molecule has 0 aliphatic rings. The highest BCUT2D eigenvalue weighted by Crippen LogP contribution is 2.27. The molecule has 0 fully saturated rings. The van der Waals surface area contributed by atoms with E-state index in [1.807, 2.05) is 0 Å². The highest BCUT2D eigenvalue weighted by Gasteiger charge is 2.21. The number of carboxylic acids is 1. The third kappa shape index (κ3) is 1.64. The molecule has 4 N–H and O–H groups in total. The molecule has 0 amide bonds. The third-order valence-electron chi connectivity index (χ3n) is 1.70. The lowest BCUT2D eigenvalue weighted by molar-refractivity contribution is -0.138. The van der Waals surface area contributed by atoms with Crippen LogP contribution in [0.5, 0.6) is 5.75 Å². The van der Waals surface area contributed by atoms with Gasteiger partial charge in [0, 0.05) is 5.56 Å². The van der Waals surface area contributed by atoms with Crippen LogP contribution in [0.3, 0.4) is 0 Å². The molecule has 0 spiro atoms. The van der Waals surface area contributed by atoms with E-state index in [0.717, 1.165) is 6.07 Å². The third-order valence-corrected chi connectivity index (χ3v) is 1.70. The quantitative estimate of drug-likeness (QED) is 0.662. The average Bonchev–Trinajstić information content (AvgIpc) is 2.13. The maximum Gasteiger partial charge on any atom is 0.325 e. The predicted molar refractivity (Wildman–Crippen MR) is 42.6 cm³/mol.